The molecule has 2 rings (SSSR count). The zero-order chi connectivity index (χ0) is 10.3. The predicted octanol–water partition coefficient (Wildman–Crippen LogP) is 2.45. The van der Waals surface area contributed by atoms with Gasteiger partial charge in [-0.05, 0) is 12.8 Å². The van der Waals surface area contributed by atoms with E-state index in [1.54, 1.807) is 0 Å². The summed E-state index contributed by atoms with van der Waals surface area (Å²) in [6.45, 7) is 5.27. The fourth-order valence-corrected chi connectivity index (χ4v) is 2.42. The van der Waals surface area contributed by atoms with Gasteiger partial charge < -0.3 is 10.3 Å². The van der Waals surface area contributed by atoms with E-state index in [2.05, 4.69) is 23.4 Å². The second-order valence-electron chi connectivity index (χ2n) is 4.20. The summed E-state index contributed by atoms with van der Waals surface area (Å²) in [6, 6.07) is 0.0660. The van der Waals surface area contributed by atoms with E-state index in [4.69, 9.17) is 17.3 Å². The number of hydrogen-bond donors (Lipinski definition) is 1. The van der Waals surface area contributed by atoms with Crippen molar-refractivity contribution in [3.63, 3.8) is 0 Å². The Balaban J connectivity index is 2.52. The third kappa shape index (κ3) is 1.44. The van der Waals surface area contributed by atoms with E-state index >= 15 is 0 Å². The summed E-state index contributed by atoms with van der Waals surface area (Å²) in [6.07, 6.45) is 2.14. The van der Waals surface area contributed by atoms with Gasteiger partial charge in [0.15, 0.2) is 5.15 Å². The van der Waals surface area contributed by atoms with Gasteiger partial charge in [0.25, 0.3) is 0 Å². The number of fused-ring (bicyclic) bond motifs is 1. The van der Waals surface area contributed by atoms with Crippen molar-refractivity contribution >= 4 is 11.6 Å². The van der Waals surface area contributed by atoms with Crippen LogP contribution < -0.4 is 5.73 Å². The SMILES string of the molecule is CC(C)c1nc(Cl)c2n1CCCC2N. The first-order valence-electron chi connectivity index (χ1n) is 5.12. The number of hydrogen-bond acceptors (Lipinski definition) is 2. The second kappa shape index (κ2) is 3.55. The Morgan fingerprint density at radius 2 is 2.29 bits per heavy atom. The van der Waals surface area contributed by atoms with Gasteiger partial charge in [0.05, 0.1) is 5.69 Å². The largest absolute Gasteiger partial charge is 0.329 e. The zero-order valence-corrected chi connectivity index (χ0v) is 9.38. The fourth-order valence-electron chi connectivity index (χ4n) is 2.09. The Labute approximate surface area is 89.3 Å². The molecule has 1 unspecified atom stereocenters. The van der Waals surface area contributed by atoms with E-state index in [-0.39, 0.29) is 6.04 Å². The van der Waals surface area contributed by atoms with E-state index in [0.717, 1.165) is 30.9 Å². The number of rotatable bonds is 1. The van der Waals surface area contributed by atoms with Crippen LogP contribution in [0.15, 0.2) is 0 Å². The van der Waals surface area contributed by atoms with Crippen molar-refractivity contribution in [1.82, 2.24) is 9.55 Å². The van der Waals surface area contributed by atoms with Gasteiger partial charge in [-0.1, -0.05) is 25.4 Å². The molecule has 1 aromatic heterocycles. The van der Waals surface area contributed by atoms with Gasteiger partial charge in [0.2, 0.25) is 0 Å². The summed E-state index contributed by atoms with van der Waals surface area (Å²) in [7, 11) is 0. The molecule has 4 heteroatoms. The Kier molecular flexibility index (Phi) is 2.54. The third-order valence-electron chi connectivity index (χ3n) is 2.76. The lowest BCUT2D eigenvalue weighted by Crippen LogP contribution is -2.23. The summed E-state index contributed by atoms with van der Waals surface area (Å²) >= 11 is 6.09. The van der Waals surface area contributed by atoms with Crippen LogP contribution >= 0.6 is 11.6 Å². The lowest BCUT2D eigenvalue weighted by atomic mass is 10.1. The van der Waals surface area contributed by atoms with Crippen LogP contribution in [-0.2, 0) is 6.54 Å². The molecule has 0 spiro atoms. The van der Waals surface area contributed by atoms with E-state index in [0.29, 0.717) is 11.1 Å². The van der Waals surface area contributed by atoms with Crippen molar-refractivity contribution in [2.24, 2.45) is 5.73 Å². The van der Waals surface area contributed by atoms with Crippen LogP contribution in [0.3, 0.4) is 0 Å². The monoisotopic (exact) mass is 213 g/mol. The molecule has 78 valence electrons. The van der Waals surface area contributed by atoms with Crippen LogP contribution in [0.1, 0.15) is 50.2 Å². The Morgan fingerprint density at radius 3 is 2.93 bits per heavy atom. The first kappa shape index (κ1) is 9.99. The minimum absolute atomic E-state index is 0.0660. The van der Waals surface area contributed by atoms with E-state index < -0.39 is 0 Å². The maximum atomic E-state index is 6.09. The predicted molar refractivity (Wildman–Crippen MR) is 57.5 cm³/mol. The van der Waals surface area contributed by atoms with E-state index in [9.17, 15) is 0 Å². The molecule has 1 aliphatic heterocycles. The second-order valence-corrected chi connectivity index (χ2v) is 4.56. The first-order chi connectivity index (χ1) is 6.61. The van der Waals surface area contributed by atoms with Crippen molar-refractivity contribution in [1.29, 1.82) is 0 Å². The Morgan fingerprint density at radius 1 is 1.57 bits per heavy atom. The zero-order valence-electron chi connectivity index (χ0n) is 8.63. The third-order valence-corrected chi connectivity index (χ3v) is 3.03. The molecular weight excluding hydrogens is 198 g/mol. The quantitative estimate of drug-likeness (QED) is 0.779. The van der Waals surface area contributed by atoms with Gasteiger partial charge in [-0.15, -0.1) is 0 Å². The molecule has 0 bridgehead atoms. The van der Waals surface area contributed by atoms with E-state index in [1.807, 2.05) is 0 Å². The summed E-state index contributed by atoms with van der Waals surface area (Å²) in [5.74, 6) is 1.48. The smallest absolute Gasteiger partial charge is 0.152 e. The number of nitrogens with two attached hydrogens (primary N) is 1. The number of imidazole rings is 1. The number of nitrogens with zero attached hydrogens (tertiary/aromatic N) is 2. The molecule has 2 N–H and O–H groups in total. The molecule has 1 atom stereocenters. The molecule has 1 aromatic rings. The highest BCUT2D eigenvalue weighted by molar-refractivity contribution is 6.30. The summed E-state index contributed by atoms with van der Waals surface area (Å²) in [4.78, 5) is 4.39. The van der Waals surface area contributed by atoms with Gasteiger partial charge in [-0.3, -0.25) is 0 Å². The van der Waals surface area contributed by atoms with Gasteiger partial charge in [0, 0.05) is 18.5 Å². The lowest BCUT2D eigenvalue weighted by Gasteiger charge is -2.23. The maximum absolute atomic E-state index is 6.09. The molecule has 0 fully saturated rings. The molecule has 3 nitrogen and oxygen atoms in total. The topological polar surface area (TPSA) is 43.8 Å². The van der Waals surface area contributed by atoms with Crippen molar-refractivity contribution in [2.45, 2.75) is 45.2 Å². The first-order valence-corrected chi connectivity index (χ1v) is 5.50. The minimum atomic E-state index is 0.0660. The lowest BCUT2D eigenvalue weighted by molar-refractivity contribution is 0.447. The van der Waals surface area contributed by atoms with Crippen LogP contribution in [0, 0.1) is 0 Å². The highest BCUT2D eigenvalue weighted by Gasteiger charge is 2.25. The van der Waals surface area contributed by atoms with Crippen LogP contribution in [0.4, 0.5) is 0 Å². The van der Waals surface area contributed by atoms with Crippen molar-refractivity contribution in [2.75, 3.05) is 0 Å². The van der Waals surface area contributed by atoms with Crippen molar-refractivity contribution < 1.29 is 0 Å². The molecule has 0 aromatic carbocycles. The molecule has 0 saturated heterocycles. The molecule has 14 heavy (non-hydrogen) atoms. The van der Waals surface area contributed by atoms with Crippen molar-refractivity contribution in [3.8, 4) is 0 Å². The number of halogens is 1. The van der Waals surface area contributed by atoms with E-state index in [1.165, 1.54) is 0 Å². The van der Waals surface area contributed by atoms with Gasteiger partial charge in [0.1, 0.15) is 5.82 Å². The maximum Gasteiger partial charge on any atom is 0.152 e. The molecule has 0 radical (unpaired) electrons. The molecular formula is C10H16ClN3. The van der Waals surface area contributed by atoms with Gasteiger partial charge in [-0.2, -0.15) is 0 Å². The molecule has 0 aliphatic carbocycles. The standard InChI is InChI=1S/C10H16ClN3/c1-6(2)10-13-9(11)8-7(12)4-3-5-14(8)10/h6-7H,3-5,12H2,1-2H3. The summed E-state index contributed by atoms with van der Waals surface area (Å²) < 4.78 is 2.20. The van der Waals surface area contributed by atoms with Crippen LogP contribution in [-0.4, -0.2) is 9.55 Å². The summed E-state index contributed by atoms with van der Waals surface area (Å²) in [5, 5.41) is 0.598. The van der Waals surface area contributed by atoms with Crippen molar-refractivity contribution in [3.05, 3.63) is 16.7 Å². The fraction of sp³-hybridized carbons (Fsp3) is 0.700. The highest BCUT2D eigenvalue weighted by atomic mass is 35.5. The van der Waals surface area contributed by atoms with Gasteiger partial charge in [-0.25, -0.2) is 4.98 Å². The Bertz CT molecular complexity index is 343. The average Bonchev–Trinajstić information content (AvgIpc) is 2.45. The van der Waals surface area contributed by atoms with Crippen LogP contribution in [0.25, 0.3) is 0 Å². The molecule has 0 saturated carbocycles. The minimum Gasteiger partial charge on any atom is -0.329 e. The molecule has 2 heterocycles. The average molecular weight is 214 g/mol. The molecule has 0 amide bonds. The highest BCUT2D eigenvalue weighted by Crippen LogP contribution is 2.32. The number of aromatic nitrogens is 2. The molecule has 1 aliphatic rings. The van der Waals surface area contributed by atoms with Crippen LogP contribution in [0.2, 0.25) is 5.15 Å². The normalized spacial score (nSPS) is 21.4. The summed E-state index contributed by atoms with van der Waals surface area (Å²) in [5.41, 5.74) is 7.04. The Hall–Kier alpha value is -0.540. The van der Waals surface area contributed by atoms with Crippen LogP contribution in [0.5, 0.6) is 0 Å². The van der Waals surface area contributed by atoms with Gasteiger partial charge >= 0.3 is 0 Å².